The van der Waals surface area contributed by atoms with Crippen molar-refractivity contribution < 1.29 is 9.21 Å². The minimum Gasteiger partial charge on any atom is -0.416 e. The summed E-state index contributed by atoms with van der Waals surface area (Å²) < 4.78 is 5.62. The van der Waals surface area contributed by atoms with Crippen LogP contribution in [0.4, 0.5) is 0 Å². The maximum atomic E-state index is 10.9. The standard InChI is InChI=1S/C15H12N4O2/c16-13(20)8-10-3-5-11(6-4-10)14-18-19-15(21-14)12-2-1-7-17-9-12/h1-7,9H,8H2,(H2,16,20). The highest BCUT2D eigenvalue weighted by atomic mass is 16.4. The van der Waals surface area contributed by atoms with E-state index in [1.165, 1.54) is 0 Å². The zero-order chi connectivity index (χ0) is 14.7. The van der Waals surface area contributed by atoms with Crippen LogP contribution >= 0.6 is 0 Å². The number of nitrogens with two attached hydrogens (primary N) is 1. The first-order valence-corrected chi connectivity index (χ1v) is 6.34. The lowest BCUT2D eigenvalue weighted by atomic mass is 10.1. The number of nitrogens with zero attached hydrogens (tertiary/aromatic N) is 3. The van der Waals surface area contributed by atoms with Crippen LogP contribution in [-0.2, 0) is 11.2 Å². The average molecular weight is 280 g/mol. The largest absolute Gasteiger partial charge is 0.416 e. The van der Waals surface area contributed by atoms with E-state index in [0.717, 1.165) is 16.7 Å². The van der Waals surface area contributed by atoms with Crippen LogP contribution in [0, 0.1) is 0 Å². The van der Waals surface area contributed by atoms with Gasteiger partial charge >= 0.3 is 0 Å². The van der Waals surface area contributed by atoms with Gasteiger partial charge in [0, 0.05) is 18.0 Å². The molecule has 2 heterocycles. The molecule has 2 aromatic heterocycles. The Balaban J connectivity index is 1.85. The van der Waals surface area contributed by atoms with Crippen molar-refractivity contribution in [2.75, 3.05) is 0 Å². The summed E-state index contributed by atoms with van der Waals surface area (Å²) in [5.41, 5.74) is 7.55. The monoisotopic (exact) mass is 280 g/mol. The zero-order valence-electron chi connectivity index (χ0n) is 11.1. The molecule has 0 aliphatic rings. The Morgan fingerprint density at radius 3 is 2.38 bits per heavy atom. The summed E-state index contributed by atoms with van der Waals surface area (Å²) in [6, 6.07) is 10.9. The Labute approximate surface area is 120 Å². The number of aromatic nitrogens is 3. The van der Waals surface area contributed by atoms with Crippen LogP contribution in [0.2, 0.25) is 0 Å². The fraction of sp³-hybridized carbons (Fsp3) is 0.0667. The molecule has 0 unspecified atom stereocenters. The van der Waals surface area contributed by atoms with Crippen molar-refractivity contribution in [2.45, 2.75) is 6.42 Å². The molecule has 3 aromatic rings. The van der Waals surface area contributed by atoms with Crippen LogP contribution in [0.3, 0.4) is 0 Å². The quantitative estimate of drug-likeness (QED) is 0.786. The first-order chi connectivity index (χ1) is 10.2. The van der Waals surface area contributed by atoms with Crippen molar-refractivity contribution in [3.63, 3.8) is 0 Å². The molecule has 0 spiro atoms. The van der Waals surface area contributed by atoms with Gasteiger partial charge in [-0.2, -0.15) is 0 Å². The van der Waals surface area contributed by atoms with Crippen molar-refractivity contribution in [3.05, 3.63) is 54.4 Å². The second-order valence-electron chi connectivity index (χ2n) is 4.49. The van der Waals surface area contributed by atoms with Crippen LogP contribution in [0.1, 0.15) is 5.56 Å². The highest BCUT2D eigenvalue weighted by molar-refractivity contribution is 5.76. The van der Waals surface area contributed by atoms with Crippen LogP contribution in [0.15, 0.2) is 53.2 Å². The molecule has 21 heavy (non-hydrogen) atoms. The second-order valence-corrected chi connectivity index (χ2v) is 4.49. The minimum absolute atomic E-state index is 0.213. The van der Waals surface area contributed by atoms with E-state index in [-0.39, 0.29) is 12.3 Å². The first-order valence-electron chi connectivity index (χ1n) is 6.34. The molecule has 0 saturated heterocycles. The van der Waals surface area contributed by atoms with Gasteiger partial charge in [0.15, 0.2) is 0 Å². The topological polar surface area (TPSA) is 94.9 Å². The number of carbonyl (C=O) groups excluding carboxylic acids is 1. The highest BCUT2D eigenvalue weighted by Gasteiger charge is 2.10. The number of hydrogen-bond donors (Lipinski definition) is 1. The molecule has 1 amide bonds. The third-order valence-corrected chi connectivity index (χ3v) is 2.91. The van der Waals surface area contributed by atoms with Gasteiger partial charge in [-0.1, -0.05) is 12.1 Å². The summed E-state index contributed by atoms with van der Waals surface area (Å²) in [5.74, 6) is 0.471. The maximum Gasteiger partial charge on any atom is 0.249 e. The van der Waals surface area contributed by atoms with E-state index in [0.29, 0.717) is 11.8 Å². The van der Waals surface area contributed by atoms with Gasteiger partial charge in [-0.05, 0) is 29.8 Å². The lowest BCUT2D eigenvalue weighted by Gasteiger charge is -1.99. The molecule has 0 fully saturated rings. The minimum atomic E-state index is -0.362. The Morgan fingerprint density at radius 2 is 1.76 bits per heavy atom. The molecule has 3 rings (SSSR count). The summed E-state index contributed by atoms with van der Waals surface area (Å²) in [4.78, 5) is 14.9. The Bertz CT molecular complexity index is 751. The smallest absolute Gasteiger partial charge is 0.249 e. The number of rotatable bonds is 4. The fourth-order valence-corrected chi connectivity index (χ4v) is 1.91. The van der Waals surface area contributed by atoms with Gasteiger partial charge in [-0.15, -0.1) is 10.2 Å². The number of primary amides is 1. The predicted octanol–water partition coefficient (Wildman–Crippen LogP) is 1.83. The van der Waals surface area contributed by atoms with Crippen molar-refractivity contribution in [1.29, 1.82) is 0 Å². The Kier molecular flexibility index (Phi) is 3.42. The molecule has 0 bridgehead atoms. The molecule has 6 nitrogen and oxygen atoms in total. The molecule has 0 atom stereocenters. The summed E-state index contributed by atoms with van der Waals surface area (Å²) in [5, 5.41) is 8.02. The second kappa shape index (κ2) is 5.54. The number of pyridine rings is 1. The molecule has 2 N–H and O–H groups in total. The van der Waals surface area contributed by atoms with Gasteiger partial charge in [-0.25, -0.2) is 0 Å². The SMILES string of the molecule is NC(=O)Cc1ccc(-c2nnc(-c3cccnc3)o2)cc1. The summed E-state index contributed by atoms with van der Waals surface area (Å²) in [6.07, 6.45) is 3.55. The van der Waals surface area contributed by atoms with E-state index in [2.05, 4.69) is 15.2 Å². The lowest BCUT2D eigenvalue weighted by molar-refractivity contribution is -0.117. The number of amides is 1. The van der Waals surface area contributed by atoms with Gasteiger partial charge in [0.1, 0.15) is 0 Å². The van der Waals surface area contributed by atoms with Crippen LogP contribution in [-0.4, -0.2) is 21.1 Å². The van der Waals surface area contributed by atoms with Gasteiger partial charge in [0.2, 0.25) is 17.7 Å². The van der Waals surface area contributed by atoms with E-state index in [4.69, 9.17) is 10.2 Å². The average Bonchev–Trinajstić information content (AvgIpc) is 2.98. The van der Waals surface area contributed by atoms with Crippen LogP contribution in [0.25, 0.3) is 22.9 Å². The third-order valence-electron chi connectivity index (χ3n) is 2.91. The molecule has 1 aromatic carbocycles. The van der Waals surface area contributed by atoms with Crippen molar-refractivity contribution in [3.8, 4) is 22.9 Å². The van der Waals surface area contributed by atoms with E-state index >= 15 is 0 Å². The normalized spacial score (nSPS) is 10.5. The maximum absolute atomic E-state index is 10.9. The summed E-state index contributed by atoms with van der Waals surface area (Å²) in [6.45, 7) is 0. The third kappa shape index (κ3) is 2.94. The van der Waals surface area contributed by atoms with E-state index < -0.39 is 0 Å². The predicted molar refractivity (Wildman–Crippen MR) is 75.9 cm³/mol. The van der Waals surface area contributed by atoms with Gasteiger partial charge in [0.25, 0.3) is 0 Å². The van der Waals surface area contributed by atoms with Gasteiger partial charge in [-0.3, -0.25) is 9.78 Å². The Morgan fingerprint density at radius 1 is 1.05 bits per heavy atom. The summed E-state index contributed by atoms with van der Waals surface area (Å²) in [7, 11) is 0. The molecule has 104 valence electrons. The molecule has 0 radical (unpaired) electrons. The van der Waals surface area contributed by atoms with Crippen molar-refractivity contribution in [2.24, 2.45) is 5.73 Å². The molecular formula is C15H12N4O2. The van der Waals surface area contributed by atoms with E-state index in [1.807, 2.05) is 30.3 Å². The first kappa shape index (κ1) is 13.0. The van der Waals surface area contributed by atoms with Crippen LogP contribution < -0.4 is 5.73 Å². The number of hydrogen-bond acceptors (Lipinski definition) is 5. The molecular weight excluding hydrogens is 268 g/mol. The molecule has 6 heteroatoms. The fourth-order valence-electron chi connectivity index (χ4n) is 1.91. The molecule has 0 saturated carbocycles. The van der Waals surface area contributed by atoms with Gasteiger partial charge < -0.3 is 10.2 Å². The Hall–Kier alpha value is -3.02. The van der Waals surface area contributed by atoms with Crippen molar-refractivity contribution >= 4 is 5.91 Å². The molecule has 0 aliphatic carbocycles. The number of carbonyl (C=O) groups is 1. The number of benzene rings is 1. The van der Waals surface area contributed by atoms with Gasteiger partial charge in [0.05, 0.1) is 12.0 Å². The molecule has 0 aliphatic heterocycles. The van der Waals surface area contributed by atoms with E-state index in [9.17, 15) is 4.79 Å². The zero-order valence-corrected chi connectivity index (χ0v) is 11.1. The highest BCUT2D eigenvalue weighted by Crippen LogP contribution is 2.23. The van der Waals surface area contributed by atoms with E-state index in [1.54, 1.807) is 18.5 Å². The summed E-state index contributed by atoms with van der Waals surface area (Å²) >= 11 is 0. The lowest BCUT2D eigenvalue weighted by Crippen LogP contribution is -2.13. The van der Waals surface area contributed by atoms with Crippen LogP contribution in [0.5, 0.6) is 0 Å². The van der Waals surface area contributed by atoms with Crippen molar-refractivity contribution in [1.82, 2.24) is 15.2 Å².